The first-order chi connectivity index (χ1) is 9.63. The van der Waals surface area contributed by atoms with E-state index < -0.39 is 5.97 Å². The Hall–Kier alpha value is -1.91. The molecule has 0 radical (unpaired) electrons. The van der Waals surface area contributed by atoms with Crippen molar-refractivity contribution in [3.8, 4) is 17.2 Å². The first kappa shape index (κ1) is 16.1. The highest BCUT2D eigenvalue weighted by Gasteiger charge is 2.17. The van der Waals surface area contributed by atoms with E-state index >= 15 is 0 Å². The molecule has 5 nitrogen and oxygen atoms in total. The summed E-state index contributed by atoms with van der Waals surface area (Å²) in [5.41, 5.74) is 0.821. The van der Waals surface area contributed by atoms with E-state index in [0.717, 1.165) is 5.56 Å². The summed E-state index contributed by atoms with van der Waals surface area (Å²) in [5, 5.41) is 8.81. The molecule has 1 aromatic rings. The lowest BCUT2D eigenvalue weighted by atomic mass is 10.1. The van der Waals surface area contributed by atoms with Gasteiger partial charge >= 0.3 is 5.97 Å². The molecule has 0 heterocycles. The summed E-state index contributed by atoms with van der Waals surface area (Å²) in [7, 11) is 0. The molecule has 20 heavy (non-hydrogen) atoms. The van der Waals surface area contributed by atoms with Crippen molar-refractivity contribution in [1.82, 2.24) is 0 Å². The molecule has 0 saturated carbocycles. The molecule has 0 bridgehead atoms. The summed E-state index contributed by atoms with van der Waals surface area (Å²) in [4.78, 5) is 10.7. The van der Waals surface area contributed by atoms with Crippen molar-refractivity contribution < 1.29 is 24.1 Å². The van der Waals surface area contributed by atoms with E-state index in [-0.39, 0.29) is 6.42 Å². The standard InChI is InChI=1S/C15H22O5/c1-4-18-12-9-7-11(8-10-13(16)17)14(19-5-2)15(12)20-6-3/h7,9H,4-6,8,10H2,1-3H3,(H,16,17). The molecule has 0 spiro atoms. The summed E-state index contributed by atoms with van der Waals surface area (Å²) in [6.45, 7) is 7.16. The molecule has 0 atom stereocenters. The Morgan fingerprint density at radius 3 is 2.15 bits per heavy atom. The number of rotatable bonds is 9. The van der Waals surface area contributed by atoms with E-state index in [1.165, 1.54) is 0 Å². The molecule has 0 aliphatic rings. The van der Waals surface area contributed by atoms with Gasteiger partial charge in [-0.3, -0.25) is 4.79 Å². The number of aryl methyl sites for hydroxylation is 1. The van der Waals surface area contributed by atoms with Gasteiger partial charge < -0.3 is 19.3 Å². The molecule has 112 valence electrons. The molecular formula is C15H22O5. The third-order valence-electron chi connectivity index (χ3n) is 2.64. The van der Waals surface area contributed by atoms with Crippen LogP contribution < -0.4 is 14.2 Å². The summed E-state index contributed by atoms with van der Waals surface area (Å²) in [6.07, 6.45) is 0.455. The Bertz CT molecular complexity index is 442. The predicted octanol–water partition coefficient (Wildman–Crippen LogP) is 2.90. The number of carbonyl (C=O) groups is 1. The minimum absolute atomic E-state index is 0.0552. The molecule has 0 unspecified atom stereocenters. The maximum Gasteiger partial charge on any atom is 0.303 e. The first-order valence-electron chi connectivity index (χ1n) is 6.90. The molecule has 0 fully saturated rings. The number of benzene rings is 1. The Balaban J connectivity index is 3.15. The minimum atomic E-state index is -0.834. The molecular weight excluding hydrogens is 260 g/mol. The third-order valence-corrected chi connectivity index (χ3v) is 2.64. The van der Waals surface area contributed by atoms with Gasteiger partial charge in [0.25, 0.3) is 0 Å². The minimum Gasteiger partial charge on any atom is -0.490 e. The maximum atomic E-state index is 10.7. The molecule has 1 N–H and O–H groups in total. The second kappa shape index (κ2) is 8.30. The summed E-state index contributed by atoms with van der Waals surface area (Å²) < 4.78 is 16.8. The Morgan fingerprint density at radius 1 is 1.00 bits per heavy atom. The van der Waals surface area contributed by atoms with Crippen molar-refractivity contribution in [2.45, 2.75) is 33.6 Å². The highest BCUT2D eigenvalue weighted by molar-refractivity contribution is 5.67. The zero-order valence-corrected chi connectivity index (χ0v) is 12.3. The molecule has 5 heteroatoms. The number of ether oxygens (including phenoxy) is 3. The van der Waals surface area contributed by atoms with Crippen molar-refractivity contribution in [3.05, 3.63) is 17.7 Å². The van der Waals surface area contributed by atoms with Crippen LogP contribution in [0.1, 0.15) is 32.8 Å². The zero-order valence-electron chi connectivity index (χ0n) is 12.3. The van der Waals surface area contributed by atoms with Gasteiger partial charge in [-0.1, -0.05) is 6.07 Å². The average Bonchev–Trinajstić information content (AvgIpc) is 2.41. The fourth-order valence-electron chi connectivity index (χ4n) is 1.88. The van der Waals surface area contributed by atoms with Gasteiger partial charge in [-0.25, -0.2) is 0 Å². The molecule has 0 aliphatic carbocycles. The van der Waals surface area contributed by atoms with Gasteiger partial charge in [-0.2, -0.15) is 0 Å². The highest BCUT2D eigenvalue weighted by Crippen LogP contribution is 2.41. The zero-order chi connectivity index (χ0) is 15.0. The van der Waals surface area contributed by atoms with Crippen LogP contribution in [0.25, 0.3) is 0 Å². The van der Waals surface area contributed by atoms with Crippen molar-refractivity contribution >= 4 is 5.97 Å². The quantitative estimate of drug-likeness (QED) is 0.754. The number of carboxylic acid groups (broad SMARTS) is 1. The van der Waals surface area contributed by atoms with Gasteiger partial charge in [-0.05, 0) is 38.8 Å². The lowest BCUT2D eigenvalue weighted by Gasteiger charge is -2.18. The predicted molar refractivity (Wildman–Crippen MR) is 75.9 cm³/mol. The number of aliphatic carboxylic acids is 1. The van der Waals surface area contributed by atoms with Crippen LogP contribution in [0.15, 0.2) is 12.1 Å². The maximum absolute atomic E-state index is 10.7. The molecule has 1 aromatic carbocycles. The van der Waals surface area contributed by atoms with Crippen LogP contribution >= 0.6 is 0 Å². The second-order valence-corrected chi connectivity index (χ2v) is 4.07. The van der Waals surface area contributed by atoms with Crippen molar-refractivity contribution in [1.29, 1.82) is 0 Å². The largest absolute Gasteiger partial charge is 0.490 e. The normalized spacial score (nSPS) is 10.2. The third kappa shape index (κ3) is 4.33. The Kier molecular flexibility index (Phi) is 6.70. The van der Waals surface area contributed by atoms with Crippen LogP contribution in [-0.2, 0) is 11.2 Å². The van der Waals surface area contributed by atoms with Crippen molar-refractivity contribution in [3.63, 3.8) is 0 Å². The van der Waals surface area contributed by atoms with Gasteiger partial charge in [0.15, 0.2) is 11.5 Å². The molecule has 0 saturated heterocycles. The fourth-order valence-corrected chi connectivity index (χ4v) is 1.88. The van der Waals surface area contributed by atoms with Gasteiger partial charge in [0.2, 0.25) is 5.75 Å². The van der Waals surface area contributed by atoms with Crippen LogP contribution in [0.3, 0.4) is 0 Å². The lowest BCUT2D eigenvalue weighted by molar-refractivity contribution is -0.136. The van der Waals surface area contributed by atoms with Crippen molar-refractivity contribution in [2.75, 3.05) is 19.8 Å². The van der Waals surface area contributed by atoms with E-state index in [2.05, 4.69) is 0 Å². The van der Waals surface area contributed by atoms with Gasteiger partial charge in [0.1, 0.15) is 0 Å². The average molecular weight is 282 g/mol. The van der Waals surface area contributed by atoms with Crippen molar-refractivity contribution in [2.24, 2.45) is 0 Å². The molecule has 0 aromatic heterocycles. The smallest absolute Gasteiger partial charge is 0.303 e. The van der Waals surface area contributed by atoms with Crippen LogP contribution in [0.2, 0.25) is 0 Å². The SMILES string of the molecule is CCOc1ccc(CCC(=O)O)c(OCC)c1OCC. The van der Waals surface area contributed by atoms with Crippen LogP contribution in [-0.4, -0.2) is 30.9 Å². The van der Waals surface area contributed by atoms with Crippen LogP contribution in [0.4, 0.5) is 0 Å². The van der Waals surface area contributed by atoms with E-state index in [1.807, 2.05) is 26.8 Å². The Morgan fingerprint density at radius 2 is 1.60 bits per heavy atom. The summed E-state index contributed by atoms with van der Waals surface area (Å²) >= 11 is 0. The first-order valence-corrected chi connectivity index (χ1v) is 6.90. The van der Waals surface area contributed by atoms with E-state index in [0.29, 0.717) is 43.5 Å². The van der Waals surface area contributed by atoms with Crippen LogP contribution in [0, 0.1) is 0 Å². The second-order valence-electron chi connectivity index (χ2n) is 4.07. The molecule has 0 amide bonds. The van der Waals surface area contributed by atoms with E-state index in [1.54, 1.807) is 6.07 Å². The highest BCUT2D eigenvalue weighted by atomic mass is 16.5. The number of hydrogen-bond acceptors (Lipinski definition) is 4. The molecule has 1 rings (SSSR count). The lowest BCUT2D eigenvalue weighted by Crippen LogP contribution is -2.06. The van der Waals surface area contributed by atoms with E-state index in [4.69, 9.17) is 19.3 Å². The topological polar surface area (TPSA) is 65.0 Å². The van der Waals surface area contributed by atoms with Gasteiger partial charge in [0.05, 0.1) is 19.8 Å². The monoisotopic (exact) mass is 282 g/mol. The number of hydrogen-bond donors (Lipinski definition) is 1. The summed E-state index contributed by atoms with van der Waals surface area (Å²) in [5.74, 6) is 0.928. The number of carboxylic acids is 1. The Labute approximate surface area is 119 Å². The van der Waals surface area contributed by atoms with Gasteiger partial charge in [0, 0.05) is 6.42 Å². The molecule has 0 aliphatic heterocycles. The van der Waals surface area contributed by atoms with Gasteiger partial charge in [-0.15, -0.1) is 0 Å². The summed E-state index contributed by atoms with van der Waals surface area (Å²) in [6, 6.07) is 3.63. The fraction of sp³-hybridized carbons (Fsp3) is 0.533. The van der Waals surface area contributed by atoms with Crippen LogP contribution in [0.5, 0.6) is 17.2 Å². The van der Waals surface area contributed by atoms with E-state index in [9.17, 15) is 4.79 Å².